The lowest BCUT2D eigenvalue weighted by atomic mass is 9.74. The van der Waals surface area contributed by atoms with Gasteiger partial charge in [0.25, 0.3) is 0 Å². The minimum atomic E-state index is -0.761. The van der Waals surface area contributed by atoms with Gasteiger partial charge in [0.05, 0.1) is 23.4 Å². The largest absolute Gasteiger partial charge is 0.489 e. The van der Waals surface area contributed by atoms with Crippen molar-refractivity contribution in [2.45, 2.75) is 83.5 Å². The zero-order chi connectivity index (χ0) is 25.2. The third-order valence-electron chi connectivity index (χ3n) is 7.75. The fourth-order valence-electron chi connectivity index (χ4n) is 5.13. The van der Waals surface area contributed by atoms with E-state index in [4.69, 9.17) is 9.47 Å². The second-order valence-corrected chi connectivity index (χ2v) is 9.78. The van der Waals surface area contributed by atoms with Crippen LogP contribution in [0, 0.1) is 12.8 Å². The molecule has 0 spiro atoms. The van der Waals surface area contributed by atoms with Crippen LogP contribution < -0.4 is 4.74 Å². The smallest absolute Gasteiger partial charge is 0.410 e. The van der Waals surface area contributed by atoms with Crippen LogP contribution in [0.25, 0.3) is 11.4 Å². The van der Waals surface area contributed by atoms with Crippen LogP contribution in [0.3, 0.4) is 0 Å². The molecule has 2 aromatic heterocycles. The molecule has 0 aliphatic heterocycles. The Morgan fingerprint density at radius 1 is 1.26 bits per heavy atom. The predicted molar refractivity (Wildman–Crippen MR) is 128 cm³/mol. The minimum Gasteiger partial charge on any atom is -0.489 e. The molecule has 190 valence electrons. The van der Waals surface area contributed by atoms with E-state index in [1.54, 1.807) is 16.6 Å². The molecule has 4 rings (SSSR count). The standard InChI is InChI=1S/C25H35N5O5/c1-5-25(12-7-13-25)29(3)24(33)34-15-20-22(27-28-30(20)4)19-10-11-21(16(2)26-19)35-18-9-6-8-17(14-18)23(31)32/h10-11,17-18H,5-9,12-15H2,1-4H3,(H,31,32)/t17-,18-/m0/s1. The van der Waals surface area contributed by atoms with Crippen molar-refractivity contribution in [1.82, 2.24) is 24.9 Å². The number of pyridine rings is 1. The Morgan fingerprint density at radius 3 is 2.66 bits per heavy atom. The van der Waals surface area contributed by atoms with Crippen molar-refractivity contribution in [3.63, 3.8) is 0 Å². The highest BCUT2D eigenvalue weighted by Gasteiger charge is 2.42. The number of amides is 1. The second-order valence-electron chi connectivity index (χ2n) is 9.78. The van der Waals surface area contributed by atoms with Crippen molar-refractivity contribution in [1.29, 1.82) is 0 Å². The van der Waals surface area contributed by atoms with E-state index < -0.39 is 5.97 Å². The molecule has 2 saturated carbocycles. The quantitative estimate of drug-likeness (QED) is 0.593. The zero-order valence-corrected chi connectivity index (χ0v) is 21.0. The SMILES string of the molecule is CCC1(N(C)C(=O)OCc2c(-c3ccc(O[C@H]4CCC[C@H](C(=O)O)C4)c(C)n3)nnn2C)CCC1. The number of carbonyl (C=O) groups is 2. The van der Waals surface area contributed by atoms with Crippen LogP contribution in [0.1, 0.15) is 69.7 Å². The number of carboxylic acids is 1. The molecule has 0 unspecified atom stereocenters. The molecule has 10 heteroatoms. The van der Waals surface area contributed by atoms with E-state index in [2.05, 4.69) is 22.2 Å². The Balaban J connectivity index is 1.44. The summed E-state index contributed by atoms with van der Waals surface area (Å²) < 4.78 is 13.4. The molecule has 1 amide bonds. The van der Waals surface area contributed by atoms with Crippen LogP contribution in [0.4, 0.5) is 4.79 Å². The Morgan fingerprint density at radius 2 is 2.03 bits per heavy atom. The summed E-state index contributed by atoms with van der Waals surface area (Å²) in [5.41, 5.74) is 2.40. The van der Waals surface area contributed by atoms with Gasteiger partial charge in [-0.25, -0.2) is 14.5 Å². The third kappa shape index (κ3) is 5.11. The molecule has 1 N–H and O–H groups in total. The summed E-state index contributed by atoms with van der Waals surface area (Å²) in [4.78, 5) is 30.5. The summed E-state index contributed by atoms with van der Waals surface area (Å²) >= 11 is 0. The van der Waals surface area contributed by atoms with Gasteiger partial charge in [-0.05, 0) is 70.4 Å². The Kier molecular flexibility index (Phi) is 7.28. The maximum atomic E-state index is 12.7. The molecule has 0 bridgehead atoms. The van der Waals surface area contributed by atoms with E-state index in [9.17, 15) is 14.7 Å². The number of aryl methyl sites for hydroxylation is 2. The summed E-state index contributed by atoms with van der Waals surface area (Å²) in [7, 11) is 3.57. The van der Waals surface area contributed by atoms with Gasteiger partial charge in [-0.3, -0.25) is 4.79 Å². The van der Waals surface area contributed by atoms with Crippen molar-refractivity contribution in [3.05, 3.63) is 23.5 Å². The van der Waals surface area contributed by atoms with Gasteiger partial charge in [-0.1, -0.05) is 12.1 Å². The molecule has 0 saturated heterocycles. The fourth-order valence-corrected chi connectivity index (χ4v) is 5.13. The van der Waals surface area contributed by atoms with E-state index in [-0.39, 0.29) is 30.3 Å². The van der Waals surface area contributed by atoms with E-state index in [0.29, 0.717) is 41.4 Å². The maximum absolute atomic E-state index is 12.7. The maximum Gasteiger partial charge on any atom is 0.410 e. The van der Waals surface area contributed by atoms with Crippen molar-refractivity contribution >= 4 is 12.1 Å². The van der Waals surface area contributed by atoms with E-state index in [0.717, 1.165) is 38.5 Å². The Hall–Kier alpha value is -3.17. The molecule has 2 atom stereocenters. The molecular weight excluding hydrogens is 450 g/mol. The van der Waals surface area contributed by atoms with Crippen molar-refractivity contribution in [2.24, 2.45) is 13.0 Å². The lowest BCUT2D eigenvalue weighted by Gasteiger charge is -2.47. The van der Waals surface area contributed by atoms with Gasteiger partial charge in [0.1, 0.15) is 23.7 Å². The summed E-state index contributed by atoms with van der Waals surface area (Å²) in [6, 6.07) is 3.64. The normalized spacial score (nSPS) is 21.1. The lowest BCUT2D eigenvalue weighted by molar-refractivity contribution is -0.143. The fraction of sp³-hybridized carbons (Fsp3) is 0.640. The van der Waals surface area contributed by atoms with Gasteiger partial charge >= 0.3 is 12.1 Å². The first-order valence-electron chi connectivity index (χ1n) is 12.4. The molecular formula is C25H35N5O5. The van der Waals surface area contributed by atoms with Gasteiger partial charge in [-0.15, -0.1) is 5.10 Å². The number of rotatable bonds is 8. The number of aromatic nitrogens is 4. The van der Waals surface area contributed by atoms with E-state index in [1.165, 1.54) is 0 Å². The van der Waals surface area contributed by atoms with E-state index >= 15 is 0 Å². The van der Waals surface area contributed by atoms with Crippen molar-refractivity contribution in [2.75, 3.05) is 7.05 Å². The van der Waals surface area contributed by atoms with Gasteiger partial charge in [-0.2, -0.15) is 0 Å². The van der Waals surface area contributed by atoms with Crippen LogP contribution in [0.5, 0.6) is 5.75 Å². The van der Waals surface area contributed by atoms with Crippen LogP contribution in [0.2, 0.25) is 0 Å². The molecule has 10 nitrogen and oxygen atoms in total. The monoisotopic (exact) mass is 485 g/mol. The highest BCUT2D eigenvalue weighted by Crippen LogP contribution is 2.40. The highest BCUT2D eigenvalue weighted by molar-refractivity contribution is 5.70. The topological polar surface area (TPSA) is 120 Å². The van der Waals surface area contributed by atoms with Crippen molar-refractivity contribution < 1.29 is 24.2 Å². The van der Waals surface area contributed by atoms with Crippen LogP contribution in [-0.4, -0.2) is 60.7 Å². The number of ether oxygens (including phenoxy) is 2. The first kappa shape index (κ1) is 24.9. The summed E-state index contributed by atoms with van der Waals surface area (Å²) in [6.45, 7) is 4.00. The molecule has 0 radical (unpaired) electrons. The summed E-state index contributed by atoms with van der Waals surface area (Å²) in [6.07, 6.45) is 6.43. The van der Waals surface area contributed by atoms with Crippen LogP contribution in [-0.2, 0) is 23.2 Å². The number of aliphatic carboxylic acids is 1. The average molecular weight is 486 g/mol. The highest BCUT2D eigenvalue weighted by atomic mass is 16.6. The number of carboxylic acid groups (broad SMARTS) is 1. The van der Waals surface area contributed by atoms with Gasteiger partial charge < -0.3 is 19.5 Å². The van der Waals surface area contributed by atoms with Gasteiger partial charge in [0, 0.05) is 19.6 Å². The number of hydrogen-bond donors (Lipinski definition) is 1. The Labute approximate surface area is 205 Å². The molecule has 2 aromatic rings. The van der Waals surface area contributed by atoms with Crippen LogP contribution >= 0.6 is 0 Å². The first-order chi connectivity index (χ1) is 16.7. The summed E-state index contributed by atoms with van der Waals surface area (Å²) in [5, 5.41) is 17.7. The third-order valence-corrected chi connectivity index (χ3v) is 7.75. The van der Waals surface area contributed by atoms with Crippen molar-refractivity contribution in [3.8, 4) is 17.1 Å². The first-order valence-corrected chi connectivity index (χ1v) is 12.4. The molecule has 0 aromatic carbocycles. The number of carbonyl (C=O) groups excluding carboxylic acids is 1. The second kappa shape index (κ2) is 10.2. The lowest BCUT2D eigenvalue weighted by Crippen LogP contribution is -2.54. The Bertz CT molecular complexity index is 1070. The van der Waals surface area contributed by atoms with Gasteiger partial charge in [0.15, 0.2) is 0 Å². The predicted octanol–water partition coefficient (Wildman–Crippen LogP) is 4.11. The molecule has 35 heavy (non-hydrogen) atoms. The minimum absolute atomic E-state index is 0.0411. The molecule has 2 aliphatic rings. The summed E-state index contributed by atoms with van der Waals surface area (Å²) in [5.74, 6) is -0.488. The molecule has 2 heterocycles. The van der Waals surface area contributed by atoms with Crippen LogP contribution in [0.15, 0.2) is 12.1 Å². The number of hydrogen-bond acceptors (Lipinski definition) is 7. The van der Waals surface area contributed by atoms with E-state index in [1.807, 2.05) is 26.1 Å². The molecule has 2 aliphatic carbocycles. The average Bonchev–Trinajstić information content (AvgIpc) is 3.18. The van der Waals surface area contributed by atoms with Gasteiger partial charge in [0.2, 0.25) is 0 Å². The zero-order valence-electron chi connectivity index (χ0n) is 21.0. The molecule has 2 fully saturated rings. The number of nitrogens with zero attached hydrogens (tertiary/aromatic N) is 5.